The van der Waals surface area contributed by atoms with Crippen molar-refractivity contribution in [3.63, 3.8) is 0 Å². The molecule has 1 aromatic heterocycles. The minimum absolute atomic E-state index is 0.171. The Morgan fingerprint density at radius 1 is 1.13 bits per heavy atom. The number of nitrogen functional groups attached to an aromatic ring is 1. The molecule has 15 heavy (non-hydrogen) atoms. The van der Waals surface area contributed by atoms with Gasteiger partial charge in [-0.05, 0) is 11.6 Å². The van der Waals surface area contributed by atoms with Crippen LogP contribution in [0.3, 0.4) is 0 Å². The Morgan fingerprint density at radius 2 is 1.87 bits per heavy atom. The van der Waals surface area contributed by atoms with Crippen molar-refractivity contribution in [2.45, 2.75) is 0 Å². The van der Waals surface area contributed by atoms with Crippen LogP contribution in [-0.4, -0.2) is 9.97 Å². The van der Waals surface area contributed by atoms with Crippen LogP contribution in [0, 0.1) is 0 Å². The highest BCUT2D eigenvalue weighted by Gasteiger charge is 2.03. The first-order valence-corrected chi connectivity index (χ1v) is 4.74. The summed E-state index contributed by atoms with van der Waals surface area (Å²) in [5.41, 5.74) is 4.15. The fourth-order valence-corrected chi connectivity index (χ4v) is 1.43. The molecule has 76 valence electrons. The van der Waals surface area contributed by atoms with E-state index in [1.54, 1.807) is 6.07 Å². The fourth-order valence-electron chi connectivity index (χ4n) is 1.25. The number of nitrogens with one attached hydrogen (secondary N) is 1. The van der Waals surface area contributed by atoms with Gasteiger partial charge in [-0.25, -0.2) is 10.8 Å². The van der Waals surface area contributed by atoms with Gasteiger partial charge in [0.05, 0.1) is 5.69 Å². The molecule has 5 heteroatoms. The molecular weight excluding hydrogens is 212 g/mol. The van der Waals surface area contributed by atoms with E-state index in [0.717, 1.165) is 11.3 Å². The summed E-state index contributed by atoms with van der Waals surface area (Å²) in [6.07, 6.45) is 0. The summed E-state index contributed by atoms with van der Waals surface area (Å²) in [5.74, 6) is 5.76. The number of nitrogens with zero attached hydrogens (tertiary/aromatic N) is 2. The van der Waals surface area contributed by atoms with Crippen LogP contribution >= 0.6 is 11.6 Å². The molecule has 0 aliphatic rings. The average Bonchev–Trinajstić information content (AvgIpc) is 2.29. The third-order valence-corrected chi connectivity index (χ3v) is 2.09. The highest BCUT2D eigenvalue weighted by molar-refractivity contribution is 6.28. The second-order valence-corrected chi connectivity index (χ2v) is 3.26. The lowest BCUT2D eigenvalue weighted by Gasteiger charge is -2.04. The number of hydrazine groups is 1. The minimum Gasteiger partial charge on any atom is -0.308 e. The second kappa shape index (κ2) is 4.25. The number of anilines is 1. The molecule has 0 aliphatic carbocycles. The molecule has 0 unspecified atom stereocenters. The van der Waals surface area contributed by atoms with E-state index in [0.29, 0.717) is 5.82 Å². The maximum Gasteiger partial charge on any atom is 0.224 e. The van der Waals surface area contributed by atoms with Crippen molar-refractivity contribution in [3.05, 3.63) is 41.7 Å². The SMILES string of the molecule is NNc1cc(-c2ccccc2)nc(Cl)n1. The molecule has 2 rings (SSSR count). The van der Waals surface area contributed by atoms with Crippen LogP contribution in [0.4, 0.5) is 5.82 Å². The normalized spacial score (nSPS) is 10.0. The van der Waals surface area contributed by atoms with Gasteiger partial charge >= 0.3 is 0 Å². The summed E-state index contributed by atoms with van der Waals surface area (Å²) in [4.78, 5) is 8.01. The number of hydrogen-bond donors (Lipinski definition) is 2. The summed E-state index contributed by atoms with van der Waals surface area (Å²) in [5, 5.41) is 0.171. The summed E-state index contributed by atoms with van der Waals surface area (Å²) in [6.45, 7) is 0. The Bertz CT molecular complexity index is 458. The van der Waals surface area contributed by atoms with Crippen LogP contribution in [0.1, 0.15) is 0 Å². The quantitative estimate of drug-likeness (QED) is 0.462. The van der Waals surface area contributed by atoms with Crippen molar-refractivity contribution in [1.82, 2.24) is 9.97 Å². The van der Waals surface area contributed by atoms with E-state index in [2.05, 4.69) is 15.4 Å². The standard InChI is InChI=1S/C10H9ClN4/c11-10-13-8(6-9(14-10)15-12)7-4-2-1-3-5-7/h1-6H,12H2,(H,13,14,15). The maximum atomic E-state index is 5.76. The average molecular weight is 221 g/mol. The minimum atomic E-state index is 0.171. The number of rotatable bonds is 2. The molecule has 0 saturated carbocycles. The maximum absolute atomic E-state index is 5.76. The van der Waals surface area contributed by atoms with Gasteiger partial charge in [-0.2, -0.15) is 4.98 Å². The monoisotopic (exact) mass is 220 g/mol. The van der Waals surface area contributed by atoms with E-state index in [4.69, 9.17) is 17.4 Å². The zero-order valence-corrected chi connectivity index (χ0v) is 8.57. The third-order valence-electron chi connectivity index (χ3n) is 1.92. The number of nitrogens with two attached hydrogens (primary N) is 1. The van der Waals surface area contributed by atoms with Gasteiger partial charge in [-0.15, -0.1) is 0 Å². The molecule has 3 N–H and O–H groups in total. The van der Waals surface area contributed by atoms with E-state index in [1.165, 1.54) is 0 Å². The zero-order valence-electron chi connectivity index (χ0n) is 7.81. The molecule has 2 aromatic rings. The van der Waals surface area contributed by atoms with Crippen LogP contribution < -0.4 is 11.3 Å². The molecule has 0 amide bonds. The van der Waals surface area contributed by atoms with Gasteiger partial charge in [-0.1, -0.05) is 30.3 Å². The predicted octanol–water partition coefficient (Wildman–Crippen LogP) is 2.08. The first-order valence-electron chi connectivity index (χ1n) is 4.36. The molecule has 0 spiro atoms. The molecule has 0 bridgehead atoms. The molecule has 0 fully saturated rings. The van der Waals surface area contributed by atoms with Crippen LogP contribution in [0.25, 0.3) is 11.3 Å². The molecule has 1 heterocycles. The van der Waals surface area contributed by atoms with Crippen LogP contribution in [0.5, 0.6) is 0 Å². The van der Waals surface area contributed by atoms with Crippen molar-refractivity contribution in [1.29, 1.82) is 0 Å². The molecule has 0 radical (unpaired) electrons. The molecule has 4 nitrogen and oxygen atoms in total. The largest absolute Gasteiger partial charge is 0.308 e. The van der Waals surface area contributed by atoms with E-state index >= 15 is 0 Å². The van der Waals surface area contributed by atoms with E-state index in [1.807, 2.05) is 30.3 Å². The molecular formula is C10H9ClN4. The van der Waals surface area contributed by atoms with Gasteiger partial charge in [0, 0.05) is 11.6 Å². The lowest BCUT2D eigenvalue weighted by Crippen LogP contribution is -2.09. The van der Waals surface area contributed by atoms with Gasteiger partial charge < -0.3 is 5.43 Å². The van der Waals surface area contributed by atoms with Gasteiger partial charge in [-0.3, -0.25) is 0 Å². The van der Waals surface area contributed by atoms with Crippen LogP contribution in [-0.2, 0) is 0 Å². The van der Waals surface area contributed by atoms with Crippen LogP contribution in [0.15, 0.2) is 36.4 Å². The lowest BCUT2D eigenvalue weighted by atomic mass is 10.1. The predicted molar refractivity (Wildman–Crippen MR) is 60.3 cm³/mol. The Kier molecular flexibility index (Phi) is 2.80. The second-order valence-electron chi connectivity index (χ2n) is 2.92. The van der Waals surface area contributed by atoms with E-state index in [9.17, 15) is 0 Å². The number of hydrogen-bond acceptors (Lipinski definition) is 4. The van der Waals surface area contributed by atoms with Crippen molar-refractivity contribution in [2.75, 3.05) is 5.43 Å². The van der Waals surface area contributed by atoms with Crippen molar-refractivity contribution >= 4 is 17.4 Å². The number of benzene rings is 1. The Labute approximate surface area is 92.1 Å². The number of aromatic nitrogens is 2. The summed E-state index contributed by atoms with van der Waals surface area (Å²) >= 11 is 5.76. The molecule has 1 aromatic carbocycles. The van der Waals surface area contributed by atoms with Gasteiger partial charge in [0.25, 0.3) is 0 Å². The summed E-state index contributed by atoms with van der Waals surface area (Å²) in [6, 6.07) is 11.4. The van der Waals surface area contributed by atoms with Gasteiger partial charge in [0.1, 0.15) is 5.82 Å². The Morgan fingerprint density at radius 3 is 2.53 bits per heavy atom. The van der Waals surface area contributed by atoms with Crippen molar-refractivity contribution in [2.24, 2.45) is 5.84 Å². The Balaban J connectivity index is 2.49. The summed E-state index contributed by atoms with van der Waals surface area (Å²) in [7, 11) is 0. The molecule has 0 aliphatic heterocycles. The van der Waals surface area contributed by atoms with Crippen LogP contribution in [0.2, 0.25) is 5.28 Å². The smallest absolute Gasteiger partial charge is 0.224 e. The topological polar surface area (TPSA) is 63.8 Å². The highest BCUT2D eigenvalue weighted by Crippen LogP contribution is 2.20. The van der Waals surface area contributed by atoms with Gasteiger partial charge in [0.2, 0.25) is 5.28 Å². The third kappa shape index (κ3) is 2.23. The fraction of sp³-hybridized carbons (Fsp3) is 0. The molecule has 0 saturated heterocycles. The summed E-state index contributed by atoms with van der Waals surface area (Å²) < 4.78 is 0. The van der Waals surface area contributed by atoms with Crippen molar-refractivity contribution < 1.29 is 0 Å². The number of halogens is 1. The lowest BCUT2D eigenvalue weighted by molar-refractivity contribution is 1.14. The Hall–Kier alpha value is -1.65. The first-order chi connectivity index (χ1) is 7.29. The van der Waals surface area contributed by atoms with Gasteiger partial charge in [0.15, 0.2) is 0 Å². The first kappa shape index (κ1) is 9.89. The highest BCUT2D eigenvalue weighted by atomic mass is 35.5. The van der Waals surface area contributed by atoms with Crippen molar-refractivity contribution in [3.8, 4) is 11.3 Å². The van der Waals surface area contributed by atoms with E-state index in [-0.39, 0.29) is 5.28 Å². The van der Waals surface area contributed by atoms with E-state index < -0.39 is 0 Å². The molecule has 0 atom stereocenters. The zero-order chi connectivity index (χ0) is 10.7.